The number of nitrogens with zero attached hydrogens (tertiary/aromatic N) is 1. The van der Waals surface area contributed by atoms with Crippen LogP contribution in [0.15, 0.2) is 22.7 Å². The van der Waals surface area contributed by atoms with Crippen molar-refractivity contribution < 1.29 is 4.79 Å². The predicted molar refractivity (Wildman–Crippen MR) is 70.1 cm³/mol. The molecule has 0 bridgehead atoms. The molecule has 0 aromatic heterocycles. The Morgan fingerprint density at radius 1 is 1.44 bits per heavy atom. The van der Waals surface area contributed by atoms with Gasteiger partial charge in [-0.2, -0.15) is 0 Å². The third-order valence-corrected chi connectivity index (χ3v) is 3.63. The van der Waals surface area contributed by atoms with Gasteiger partial charge in [0.05, 0.1) is 0 Å². The Morgan fingerprint density at radius 2 is 2.19 bits per heavy atom. The fourth-order valence-electron chi connectivity index (χ4n) is 2.23. The first kappa shape index (κ1) is 11.6. The Kier molecular flexibility index (Phi) is 3.06. The van der Waals surface area contributed by atoms with Gasteiger partial charge in [-0.1, -0.05) is 29.8 Å². The zero-order valence-corrected chi connectivity index (χ0v) is 11.3. The van der Waals surface area contributed by atoms with Crippen LogP contribution in [0.25, 0.3) is 0 Å². The monoisotopic (exact) mass is 281 g/mol. The quantitative estimate of drug-likeness (QED) is 0.774. The normalized spacial score (nSPS) is 18.8. The molecule has 0 aliphatic carbocycles. The van der Waals surface area contributed by atoms with Crippen LogP contribution in [0.3, 0.4) is 0 Å². The van der Waals surface area contributed by atoms with E-state index in [-0.39, 0.29) is 0 Å². The number of aldehydes is 1. The summed E-state index contributed by atoms with van der Waals surface area (Å²) in [7, 11) is 0. The second-order valence-corrected chi connectivity index (χ2v) is 6.07. The van der Waals surface area contributed by atoms with Crippen LogP contribution in [0.2, 0.25) is 0 Å². The molecule has 0 spiro atoms. The molecule has 2 rings (SSSR count). The molecule has 16 heavy (non-hydrogen) atoms. The van der Waals surface area contributed by atoms with Crippen LogP contribution in [0.4, 0.5) is 5.69 Å². The summed E-state index contributed by atoms with van der Waals surface area (Å²) in [6.45, 7) is 6.60. The Balaban J connectivity index is 2.31. The van der Waals surface area contributed by atoms with Gasteiger partial charge in [-0.25, -0.2) is 0 Å². The van der Waals surface area contributed by atoms with E-state index in [2.05, 4.69) is 34.7 Å². The van der Waals surface area contributed by atoms with Gasteiger partial charge in [0.1, 0.15) is 0 Å². The number of anilines is 1. The van der Waals surface area contributed by atoms with Gasteiger partial charge in [-0.05, 0) is 30.0 Å². The highest BCUT2D eigenvalue weighted by Crippen LogP contribution is 2.34. The Bertz CT molecular complexity index is 414. The standard InChI is InChI=1S/C13H16BrNO/c1-13(2)5-6-15(9-13)12-4-3-11(14)7-10(12)8-16/h3-4,7-8H,5-6,9H2,1-2H3. The average molecular weight is 282 g/mol. The summed E-state index contributed by atoms with van der Waals surface area (Å²) in [6, 6.07) is 5.90. The van der Waals surface area contributed by atoms with Crippen molar-refractivity contribution in [3.63, 3.8) is 0 Å². The van der Waals surface area contributed by atoms with E-state index >= 15 is 0 Å². The van der Waals surface area contributed by atoms with Gasteiger partial charge >= 0.3 is 0 Å². The fraction of sp³-hybridized carbons (Fsp3) is 0.462. The number of carbonyl (C=O) groups excluding carboxylic acids is 1. The molecule has 0 radical (unpaired) electrons. The van der Waals surface area contributed by atoms with Crippen LogP contribution in [0.1, 0.15) is 30.6 Å². The van der Waals surface area contributed by atoms with E-state index in [4.69, 9.17) is 0 Å². The van der Waals surface area contributed by atoms with Gasteiger partial charge in [-0.15, -0.1) is 0 Å². The minimum Gasteiger partial charge on any atom is -0.370 e. The summed E-state index contributed by atoms with van der Waals surface area (Å²) in [4.78, 5) is 13.4. The molecule has 0 unspecified atom stereocenters. The third-order valence-electron chi connectivity index (χ3n) is 3.13. The number of carbonyl (C=O) groups is 1. The molecule has 1 saturated heterocycles. The number of halogens is 1. The largest absolute Gasteiger partial charge is 0.370 e. The lowest BCUT2D eigenvalue weighted by atomic mass is 9.93. The van der Waals surface area contributed by atoms with Crippen LogP contribution in [-0.2, 0) is 0 Å². The number of hydrogen-bond donors (Lipinski definition) is 0. The zero-order valence-electron chi connectivity index (χ0n) is 9.66. The van der Waals surface area contributed by atoms with Crippen LogP contribution in [-0.4, -0.2) is 19.4 Å². The number of rotatable bonds is 2. The van der Waals surface area contributed by atoms with Crippen LogP contribution in [0.5, 0.6) is 0 Å². The molecular weight excluding hydrogens is 266 g/mol. The molecule has 2 nitrogen and oxygen atoms in total. The van der Waals surface area contributed by atoms with E-state index in [0.717, 1.165) is 35.1 Å². The lowest BCUT2D eigenvalue weighted by molar-refractivity contribution is 0.112. The van der Waals surface area contributed by atoms with Crippen molar-refractivity contribution in [2.24, 2.45) is 5.41 Å². The average Bonchev–Trinajstić information content (AvgIpc) is 2.58. The molecule has 0 N–H and O–H groups in total. The molecule has 1 aliphatic rings. The molecule has 0 amide bonds. The van der Waals surface area contributed by atoms with E-state index in [9.17, 15) is 4.79 Å². The van der Waals surface area contributed by atoms with Gasteiger partial charge in [0, 0.05) is 28.8 Å². The van der Waals surface area contributed by atoms with Crippen LogP contribution < -0.4 is 4.90 Å². The molecular formula is C13H16BrNO. The van der Waals surface area contributed by atoms with E-state index in [1.807, 2.05) is 18.2 Å². The molecule has 86 valence electrons. The van der Waals surface area contributed by atoms with Crippen molar-refractivity contribution in [1.29, 1.82) is 0 Å². The van der Waals surface area contributed by atoms with Gasteiger partial charge in [-0.3, -0.25) is 4.79 Å². The van der Waals surface area contributed by atoms with Gasteiger partial charge < -0.3 is 4.90 Å². The molecule has 1 aliphatic heterocycles. The van der Waals surface area contributed by atoms with Gasteiger partial charge in [0.2, 0.25) is 0 Å². The molecule has 1 aromatic rings. The second kappa shape index (κ2) is 4.21. The van der Waals surface area contributed by atoms with Gasteiger partial charge in [0.15, 0.2) is 6.29 Å². The zero-order chi connectivity index (χ0) is 11.8. The van der Waals surface area contributed by atoms with Crippen molar-refractivity contribution in [2.45, 2.75) is 20.3 Å². The summed E-state index contributed by atoms with van der Waals surface area (Å²) in [6.07, 6.45) is 2.12. The molecule has 1 aromatic carbocycles. The molecule has 1 fully saturated rings. The number of hydrogen-bond acceptors (Lipinski definition) is 2. The first-order valence-electron chi connectivity index (χ1n) is 5.51. The topological polar surface area (TPSA) is 20.3 Å². The number of benzene rings is 1. The van der Waals surface area contributed by atoms with Crippen molar-refractivity contribution in [1.82, 2.24) is 0 Å². The lowest BCUT2D eigenvalue weighted by Crippen LogP contribution is -2.23. The second-order valence-electron chi connectivity index (χ2n) is 5.16. The fourth-order valence-corrected chi connectivity index (χ4v) is 2.60. The van der Waals surface area contributed by atoms with E-state index in [1.165, 1.54) is 6.42 Å². The highest BCUT2D eigenvalue weighted by molar-refractivity contribution is 9.10. The summed E-state index contributed by atoms with van der Waals surface area (Å²) in [5.41, 5.74) is 2.18. The summed E-state index contributed by atoms with van der Waals surface area (Å²) < 4.78 is 0.955. The smallest absolute Gasteiger partial charge is 0.152 e. The van der Waals surface area contributed by atoms with E-state index in [0.29, 0.717) is 5.41 Å². The summed E-state index contributed by atoms with van der Waals surface area (Å²) in [5, 5.41) is 0. The Labute approximate surface area is 105 Å². The molecule has 3 heteroatoms. The van der Waals surface area contributed by atoms with Crippen LogP contribution >= 0.6 is 15.9 Å². The highest BCUT2D eigenvalue weighted by Gasteiger charge is 2.30. The third kappa shape index (κ3) is 2.29. The maximum atomic E-state index is 11.1. The molecule has 0 atom stereocenters. The minimum absolute atomic E-state index is 0.354. The van der Waals surface area contributed by atoms with E-state index in [1.54, 1.807) is 0 Å². The summed E-state index contributed by atoms with van der Waals surface area (Å²) in [5.74, 6) is 0. The van der Waals surface area contributed by atoms with Crippen molar-refractivity contribution in [2.75, 3.05) is 18.0 Å². The first-order chi connectivity index (χ1) is 7.52. The predicted octanol–water partition coefficient (Wildman–Crippen LogP) is 3.50. The highest BCUT2D eigenvalue weighted by atomic mass is 79.9. The van der Waals surface area contributed by atoms with E-state index < -0.39 is 0 Å². The SMILES string of the molecule is CC1(C)CCN(c2ccc(Br)cc2C=O)C1. The first-order valence-corrected chi connectivity index (χ1v) is 6.31. The van der Waals surface area contributed by atoms with Crippen molar-refractivity contribution in [3.8, 4) is 0 Å². The van der Waals surface area contributed by atoms with Gasteiger partial charge in [0.25, 0.3) is 0 Å². The van der Waals surface area contributed by atoms with Crippen molar-refractivity contribution in [3.05, 3.63) is 28.2 Å². The van der Waals surface area contributed by atoms with Crippen LogP contribution in [0, 0.1) is 5.41 Å². The lowest BCUT2D eigenvalue weighted by Gasteiger charge is -2.23. The Hall–Kier alpha value is -0.830. The maximum Gasteiger partial charge on any atom is 0.152 e. The van der Waals surface area contributed by atoms with Crippen molar-refractivity contribution >= 4 is 27.9 Å². The molecule has 1 heterocycles. The molecule has 0 saturated carbocycles. The maximum absolute atomic E-state index is 11.1. The summed E-state index contributed by atoms with van der Waals surface area (Å²) >= 11 is 3.39. The minimum atomic E-state index is 0.354. The Morgan fingerprint density at radius 3 is 2.75 bits per heavy atom.